The second-order valence-corrected chi connectivity index (χ2v) is 9.39. The molecule has 9 heteroatoms. The van der Waals surface area contributed by atoms with Gasteiger partial charge in [0.2, 0.25) is 15.2 Å². The molecule has 1 aliphatic rings. The molecule has 29 heavy (non-hydrogen) atoms. The number of hydrogen-bond donors (Lipinski definition) is 0. The molecule has 0 atom stereocenters. The van der Waals surface area contributed by atoms with Gasteiger partial charge in [-0.15, -0.1) is 0 Å². The van der Waals surface area contributed by atoms with Crippen LogP contribution in [0.15, 0.2) is 59.5 Å². The number of ether oxygens (including phenoxy) is 1. The SMILES string of the molecule is COc1ccc(S(=O)(=O)N2CCN(c3nc(Cc4ccccc4)ns3)CC2)cc1. The van der Waals surface area contributed by atoms with E-state index in [1.54, 1.807) is 31.4 Å². The van der Waals surface area contributed by atoms with Gasteiger partial charge < -0.3 is 9.64 Å². The molecule has 1 saturated heterocycles. The molecule has 0 spiro atoms. The molecule has 1 aliphatic heterocycles. The number of rotatable bonds is 6. The first-order chi connectivity index (χ1) is 14.1. The summed E-state index contributed by atoms with van der Waals surface area (Å²) in [6.07, 6.45) is 0.698. The third-order valence-corrected chi connectivity index (χ3v) is 7.60. The van der Waals surface area contributed by atoms with E-state index < -0.39 is 10.0 Å². The van der Waals surface area contributed by atoms with E-state index in [4.69, 9.17) is 4.74 Å². The molecule has 1 fully saturated rings. The van der Waals surface area contributed by atoms with Crippen molar-refractivity contribution in [3.05, 3.63) is 66.0 Å². The van der Waals surface area contributed by atoms with E-state index >= 15 is 0 Å². The maximum Gasteiger partial charge on any atom is 0.243 e. The van der Waals surface area contributed by atoms with Crippen LogP contribution in [-0.2, 0) is 16.4 Å². The topological polar surface area (TPSA) is 75.6 Å². The van der Waals surface area contributed by atoms with Crippen molar-refractivity contribution in [3.8, 4) is 5.75 Å². The van der Waals surface area contributed by atoms with Gasteiger partial charge in [-0.25, -0.2) is 13.4 Å². The highest BCUT2D eigenvalue weighted by atomic mass is 32.2. The number of benzene rings is 2. The molecular weight excluding hydrogens is 408 g/mol. The van der Waals surface area contributed by atoms with Crippen molar-refractivity contribution in [2.45, 2.75) is 11.3 Å². The maximum atomic E-state index is 12.9. The van der Waals surface area contributed by atoms with E-state index in [2.05, 4.69) is 26.4 Å². The van der Waals surface area contributed by atoms with Crippen LogP contribution in [0.4, 0.5) is 5.13 Å². The van der Waals surface area contributed by atoms with Gasteiger partial charge in [-0.05, 0) is 29.8 Å². The van der Waals surface area contributed by atoms with E-state index in [1.165, 1.54) is 21.4 Å². The van der Waals surface area contributed by atoms with Crippen molar-refractivity contribution in [2.75, 3.05) is 38.2 Å². The average molecular weight is 431 g/mol. The zero-order chi connectivity index (χ0) is 20.3. The normalized spacial score (nSPS) is 15.4. The number of anilines is 1. The van der Waals surface area contributed by atoms with Crippen molar-refractivity contribution in [1.29, 1.82) is 0 Å². The quantitative estimate of drug-likeness (QED) is 0.599. The molecule has 4 rings (SSSR count). The first-order valence-corrected chi connectivity index (χ1v) is 11.5. The second-order valence-electron chi connectivity index (χ2n) is 6.72. The molecule has 0 aliphatic carbocycles. The van der Waals surface area contributed by atoms with Crippen molar-refractivity contribution in [1.82, 2.24) is 13.7 Å². The number of hydrogen-bond acceptors (Lipinski definition) is 7. The van der Waals surface area contributed by atoms with Crippen molar-refractivity contribution < 1.29 is 13.2 Å². The molecule has 3 aromatic rings. The van der Waals surface area contributed by atoms with Crippen LogP contribution in [0, 0.1) is 0 Å². The summed E-state index contributed by atoms with van der Waals surface area (Å²) in [6.45, 7) is 2.02. The minimum Gasteiger partial charge on any atom is -0.497 e. The summed E-state index contributed by atoms with van der Waals surface area (Å²) in [7, 11) is -1.95. The highest BCUT2D eigenvalue weighted by Gasteiger charge is 2.29. The predicted molar refractivity (Wildman–Crippen MR) is 113 cm³/mol. The summed E-state index contributed by atoms with van der Waals surface area (Å²) in [5, 5.41) is 0.845. The molecule has 1 aromatic heterocycles. The van der Waals surface area contributed by atoms with Crippen LogP contribution in [0.1, 0.15) is 11.4 Å². The van der Waals surface area contributed by atoms with E-state index in [0.717, 1.165) is 11.0 Å². The van der Waals surface area contributed by atoms with Gasteiger partial charge in [-0.2, -0.15) is 8.68 Å². The van der Waals surface area contributed by atoms with Crippen molar-refractivity contribution >= 4 is 26.7 Å². The lowest BCUT2D eigenvalue weighted by molar-refractivity contribution is 0.384. The number of aromatic nitrogens is 2. The molecule has 0 unspecified atom stereocenters. The molecule has 2 aromatic carbocycles. The Labute approximate surface area is 174 Å². The van der Waals surface area contributed by atoms with Gasteiger partial charge in [0, 0.05) is 44.1 Å². The zero-order valence-corrected chi connectivity index (χ0v) is 17.7. The lowest BCUT2D eigenvalue weighted by Crippen LogP contribution is -2.48. The third kappa shape index (κ3) is 4.42. The first-order valence-electron chi connectivity index (χ1n) is 9.32. The highest BCUT2D eigenvalue weighted by Crippen LogP contribution is 2.24. The molecule has 0 radical (unpaired) electrons. The van der Waals surface area contributed by atoms with Gasteiger partial charge in [-0.1, -0.05) is 30.3 Å². The monoisotopic (exact) mass is 430 g/mol. The van der Waals surface area contributed by atoms with Crippen LogP contribution < -0.4 is 9.64 Å². The smallest absolute Gasteiger partial charge is 0.243 e. The zero-order valence-electron chi connectivity index (χ0n) is 16.1. The van der Waals surface area contributed by atoms with Gasteiger partial charge in [0.25, 0.3) is 0 Å². The van der Waals surface area contributed by atoms with Crippen LogP contribution >= 0.6 is 11.5 Å². The maximum absolute atomic E-state index is 12.9. The lowest BCUT2D eigenvalue weighted by Gasteiger charge is -2.33. The molecule has 152 valence electrons. The summed E-state index contributed by atoms with van der Waals surface area (Å²) >= 11 is 1.37. The van der Waals surface area contributed by atoms with Gasteiger partial charge in [0.05, 0.1) is 12.0 Å². The third-order valence-electron chi connectivity index (χ3n) is 4.87. The minimum absolute atomic E-state index is 0.285. The Morgan fingerprint density at radius 3 is 2.34 bits per heavy atom. The van der Waals surface area contributed by atoms with E-state index in [9.17, 15) is 8.42 Å². The van der Waals surface area contributed by atoms with Crippen LogP contribution in [-0.4, -0.2) is 55.4 Å². The summed E-state index contributed by atoms with van der Waals surface area (Å²) in [5.74, 6) is 1.43. The number of sulfonamides is 1. The second kappa shape index (κ2) is 8.48. The van der Waals surface area contributed by atoms with Crippen LogP contribution in [0.2, 0.25) is 0 Å². The number of methoxy groups -OCH3 is 1. The fourth-order valence-electron chi connectivity index (χ4n) is 3.24. The largest absolute Gasteiger partial charge is 0.497 e. The summed E-state index contributed by atoms with van der Waals surface area (Å²) in [4.78, 5) is 7.03. The van der Waals surface area contributed by atoms with E-state index in [1.807, 2.05) is 18.2 Å². The summed E-state index contributed by atoms with van der Waals surface area (Å²) < 4.78 is 36.8. The Balaban J connectivity index is 1.39. The van der Waals surface area contributed by atoms with E-state index in [-0.39, 0.29) is 4.90 Å². The number of piperazine rings is 1. The van der Waals surface area contributed by atoms with E-state index in [0.29, 0.717) is 38.3 Å². The molecule has 0 saturated carbocycles. The summed E-state index contributed by atoms with van der Waals surface area (Å²) in [5.41, 5.74) is 1.17. The minimum atomic E-state index is -3.51. The van der Waals surface area contributed by atoms with Gasteiger partial charge >= 0.3 is 0 Å². The molecule has 0 amide bonds. The molecular formula is C20H22N4O3S2. The Morgan fingerprint density at radius 1 is 1.00 bits per heavy atom. The van der Waals surface area contributed by atoms with Crippen LogP contribution in [0.5, 0.6) is 5.75 Å². The Morgan fingerprint density at radius 2 is 1.69 bits per heavy atom. The van der Waals surface area contributed by atoms with Gasteiger partial charge in [-0.3, -0.25) is 0 Å². The highest BCUT2D eigenvalue weighted by molar-refractivity contribution is 7.89. The molecule has 7 nitrogen and oxygen atoms in total. The lowest BCUT2D eigenvalue weighted by atomic mass is 10.1. The number of nitrogens with zero attached hydrogens (tertiary/aromatic N) is 4. The standard InChI is InChI=1S/C20H22N4O3S2/c1-27-17-7-9-18(10-8-17)29(25,26)24-13-11-23(12-14-24)20-21-19(22-28-20)15-16-5-3-2-4-6-16/h2-10H,11-15H2,1H3. The van der Waals surface area contributed by atoms with Crippen molar-refractivity contribution in [2.24, 2.45) is 0 Å². The molecule has 0 bridgehead atoms. The molecule has 0 N–H and O–H groups in total. The predicted octanol–water partition coefficient (Wildman–Crippen LogP) is 2.65. The van der Waals surface area contributed by atoms with Crippen LogP contribution in [0.25, 0.3) is 0 Å². The first kappa shape index (κ1) is 19.8. The summed E-state index contributed by atoms with van der Waals surface area (Å²) in [6, 6.07) is 16.6. The average Bonchev–Trinajstić information content (AvgIpc) is 3.23. The Kier molecular flexibility index (Phi) is 5.79. The van der Waals surface area contributed by atoms with Crippen molar-refractivity contribution in [3.63, 3.8) is 0 Å². The van der Waals surface area contributed by atoms with Crippen LogP contribution in [0.3, 0.4) is 0 Å². The fraction of sp³-hybridized carbons (Fsp3) is 0.300. The Hall–Kier alpha value is -2.49. The fourth-order valence-corrected chi connectivity index (χ4v) is 5.40. The molecule has 2 heterocycles. The van der Waals surface area contributed by atoms with Gasteiger partial charge in [0.15, 0.2) is 0 Å². The van der Waals surface area contributed by atoms with Gasteiger partial charge in [0.1, 0.15) is 11.6 Å². The Bertz CT molecular complexity index is 1040.